The van der Waals surface area contributed by atoms with Gasteiger partial charge in [-0.25, -0.2) is 9.69 Å². The third kappa shape index (κ3) is 1.89. The van der Waals surface area contributed by atoms with Crippen molar-refractivity contribution in [3.05, 3.63) is 0 Å². The Bertz CT molecular complexity index is 327. The number of hydrogen-bond acceptors (Lipinski definition) is 3. The van der Waals surface area contributed by atoms with Gasteiger partial charge in [0.15, 0.2) is 0 Å². The van der Waals surface area contributed by atoms with E-state index in [4.69, 9.17) is 8.85 Å². The molecule has 1 unspecified atom stereocenters. The lowest BCUT2D eigenvalue weighted by Crippen LogP contribution is -2.43. The number of carbonyl (C=O) groups excluding carboxylic acids is 2. The number of carbonyl (C=O) groups is 2. The fourth-order valence-electron chi connectivity index (χ4n) is 1.39. The lowest BCUT2D eigenvalue weighted by molar-refractivity contribution is -0.132. The Morgan fingerprint density at radius 2 is 2.29 bits per heavy atom. The summed E-state index contributed by atoms with van der Waals surface area (Å²) in [6.45, 7) is 2.75. The molecule has 2 atom stereocenters. The lowest BCUT2D eigenvalue weighted by atomic mass is 10.0. The van der Waals surface area contributed by atoms with E-state index in [0.29, 0.717) is 0 Å². The minimum Gasteiger partial charge on any atom is -0.447 e. The number of hydrogen-bond donors (Lipinski definition) is 0. The molecule has 0 aliphatic carbocycles. The van der Waals surface area contributed by atoms with Gasteiger partial charge in [-0.2, -0.15) is 0 Å². The summed E-state index contributed by atoms with van der Waals surface area (Å²) in [7, 11) is 0. The van der Waals surface area contributed by atoms with Gasteiger partial charge in [0.1, 0.15) is 6.61 Å². The fraction of sp³-hybridized carbons (Fsp3) is 0.800. The van der Waals surface area contributed by atoms with Crippen molar-refractivity contribution in [1.82, 2.24) is 4.90 Å². The molecule has 1 aliphatic rings. The largest absolute Gasteiger partial charge is 0.447 e. The van der Waals surface area contributed by atoms with Crippen LogP contribution in [0.3, 0.4) is 0 Å². The van der Waals surface area contributed by atoms with Crippen molar-refractivity contribution < 1.29 is 18.4 Å². The summed E-state index contributed by atoms with van der Waals surface area (Å²) in [4.78, 5) is 24.4. The van der Waals surface area contributed by atoms with Crippen molar-refractivity contribution >= 4 is 12.0 Å². The molecule has 0 aromatic heterocycles. The fourth-order valence-corrected chi connectivity index (χ4v) is 1.39. The second-order valence-corrected chi connectivity index (χ2v) is 3.82. The number of imide groups is 1. The second-order valence-electron chi connectivity index (χ2n) is 3.82. The number of nitrogens with zero attached hydrogens (tertiary/aromatic N) is 1. The molecule has 0 radical (unpaired) electrons. The van der Waals surface area contributed by atoms with Gasteiger partial charge in [-0.15, -0.1) is 0 Å². The van der Waals surface area contributed by atoms with Crippen LogP contribution in [-0.2, 0) is 9.53 Å². The van der Waals surface area contributed by atoms with Crippen LogP contribution in [0.15, 0.2) is 0 Å². The van der Waals surface area contributed by atoms with Gasteiger partial charge in [0.2, 0.25) is 5.91 Å². The molecule has 14 heavy (non-hydrogen) atoms. The van der Waals surface area contributed by atoms with Crippen LogP contribution in [-0.4, -0.2) is 29.5 Å². The van der Waals surface area contributed by atoms with Gasteiger partial charge in [0.25, 0.3) is 0 Å². The maximum atomic E-state index is 12.0. The third-order valence-corrected chi connectivity index (χ3v) is 2.28. The maximum absolute atomic E-state index is 12.0. The molecule has 80 valence electrons. The van der Waals surface area contributed by atoms with Gasteiger partial charge < -0.3 is 4.74 Å². The molecule has 1 fully saturated rings. The molecular weight excluding hydrogens is 182 g/mol. The van der Waals surface area contributed by atoms with Crippen LogP contribution in [0.2, 0.25) is 0 Å². The molecule has 4 heteroatoms. The zero-order valence-electron chi connectivity index (χ0n) is 11.6. The van der Waals surface area contributed by atoms with Crippen LogP contribution in [0.25, 0.3) is 0 Å². The van der Waals surface area contributed by atoms with Crippen molar-refractivity contribution in [1.29, 1.82) is 0 Å². The van der Waals surface area contributed by atoms with E-state index in [-0.39, 0.29) is 18.6 Å². The molecule has 1 aliphatic heterocycles. The smallest absolute Gasteiger partial charge is 0.416 e. The number of amides is 2. The van der Waals surface area contributed by atoms with Crippen molar-refractivity contribution in [3.8, 4) is 0 Å². The highest BCUT2D eigenvalue weighted by Crippen LogP contribution is 2.21. The van der Waals surface area contributed by atoms with Gasteiger partial charge in [0.05, 0.1) is 6.04 Å². The summed E-state index contributed by atoms with van der Waals surface area (Å²) < 4.78 is 26.4. The van der Waals surface area contributed by atoms with E-state index >= 15 is 0 Å². The minimum atomic E-state index is -2.40. The first-order valence-electron chi connectivity index (χ1n) is 6.16. The molecule has 1 saturated heterocycles. The van der Waals surface area contributed by atoms with Crippen LogP contribution < -0.4 is 0 Å². The standard InChI is InChI=1S/C10H17NO3/c1-6(2)8-5-14-10(13)11(8)9(12)7(3)4/h6-8H,5H2,1-4H3/t8-/m1/s1/i3D3/t7?,8-. The zero-order chi connectivity index (χ0) is 13.4. The summed E-state index contributed by atoms with van der Waals surface area (Å²) in [6, 6.07) is -0.375. The van der Waals surface area contributed by atoms with Crippen molar-refractivity contribution in [3.63, 3.8) is 0 Å². The summed E-state index contributed by atoms with van der Waals surface area (Å²) in [5, 5.41) is 0. The van der Waals surface area contributed by atoms with E-state index in [1.165, 1.54) is 6.92 Å². The van der Waals surface area contributed by atoms with Crippen LogP contribution in [0.1, 0.15) is 31.7 Å². The first kappa shape index (κ1) is 7.26. The Labute approximate surface area is 88.4 Å². The van der Waals surface area contributed by atoms with Crippen LogP contribution in [0.4, 0.5) is 4.79 Å². The van der Waals surface area contributed by atoms with Crippen molar-refractivity contribution in [2.45, 2.75) is 33.7 Å². The van der Waals surface area contributed by atoms with E-state index in [0.717, 1.165) is 4.90 Å². The highest BCUT2D eigenvalue weighted by molar-refractivity contribution is 5.94. The molecule has 1 heterocycles. The Morgan fingerprint density at radius 3 is 2.79 bits per heavy atom. The predicted molar refractivity (Wildman–Crippen MR) is 51.7 cm³/mol. The van der Waals surface area contributed by atoms with E-state index in [1.807, 2.05) is 13.8 Å². The zero-order valence-corrected chi connectivity index (χ0v) is 8.61. The number of rotatable bonds is 2. The first-order chi connectivity index (χ1) is 7.66. The first-order valence-corrected chi connectivity index (χ1v) is 4.66. The van der Waals surface area contributed by atoms with Gasteiger partial charge in [0, 0.05) is 10.0 Å². The molecule has 0 aromatic carbocycles. The average molecular weight is 202 g/mol. The maximum Gasteiger partial charge on any atom is 0.416 e. The molecular formula is C10H17NO3. The lowest BCUT2D eigenvalue weighted by Gasteiger charge is -2.23. The average Bonchev–Trinajstić information content (AvgIpc) is 2.56. The van der Waals surface area contributed by atoms with E-state index < -0.39 is 24.8 Å². The quantitative estimate of drug-likeness (QED) is 0.684. The normalized spacial score (nSPS) is 28.0. The summed E-state index contributed by atoms with van der Waals surface area (Å²) in [6.07, 6.45) is -0.746. The van der Waals surface area contributed by atoms with E-state index in [2.05, 4.69) is 0 Å². The Kier molecular flexibility index (Phi) is 2.07. The number of cyclic esters (lactones) is 1. The second kappa shape index (κ2) is 3.98. The summed E-state index contributed by atoms with van der Waals surface area (Å²) in [5.74, 6) is -1.85. The predicted octanol–water partition coefficient (Wildman–Crippen LogP) is 1.65. The minimum absolute atomic E-state index is 0.0363. The van der Waals surface area contributed by atoms with E-state index in [9.17, 15) is 9.59 Å². The molecule has 0 spiro atoms. The monoisotopic (exact) mass is 202 g/mol. The van der Waals surface area contributed by atoms with Crippen LogP contribution >= 0.6 is 0 Å². The molecule has 0 saturated carbocycles. The molecule has 0 N–H and O–H groups in total. The van der Waals surface area contributed by atoms with Gasteiger partial charge in [-0.1, -0.05) is 27.6 Å². The van der Waals surface area contributed by atoms with Gasteiger partial charge in [-0.05, 0) is 5.92 Å². The summed E-state index contributed by atoms with van der Waals surface area (Å²) >= 11 is 0. The van der Waals surface area contributed by atoms with Crippen molar-refractivity contribution in [2.75, 3.05) is 6.61 Å². The van der Waals surface area contributed by atoms with Gasteiger partial charge >= 0.3 is 6.09 Å². The summed E-state index contributed by atoms with van der Waals surface area (Å²) in [5.41, 5.74) is 0. The van der Waals surface area contributed by atoms with Crippen molar-refractivity contribution in [2.24, 2.45) is 11.8 Å². The van der Waals surface area contributed by atoms with Crippen LogP contribution in [0.5, 0.6) is 0 Å². The Hall–Kier alpha value is -1.06. The Morgan fingerprint density at radius 1 is 1.64 bits per heavy atom. The topological polar surface area (TPSA) is 46.6 Å². The Balaban J connectivity index is 2.90. The molecule has 1 rings (SSSR count). The van der Waals surface area contributed by atoms with Gasteiger partial charge in [-0.3, -0.25) is 4.79 Å². The molecule has 4 nitrogen and oxygen atoms in total. The highest BCUT2D eigenvalue weighted by Gasteiger charge is 2.40. The highest BCUT2D eigenvalue weighted by atomic mass is 16.6. The van der Waals surface area contributed by atoms with Crippen LogP contribution in [0, 0.1) is 11.8 Å². The third-order valence-electron chi connectivity index (χ3n) is 2.28. The molecule has 0 bridgehead atoms. The van der Waals surface area contributed by atoms with E-state index in [1.54, 1.807) is 0 Å². The molecule has 2 amide bonds. The number of ether oxygens (including phenoxy) is 1. The SMILES string of the molecule is [2H]C([2H])([2H])C(C)C(=O)N1C(=O)OC[C@@H]1C(C)C. The molecule has 0 aromatic rings.